The summed E-state index contributed by atoms with van der Waals surface area (Å²) in [5.74, 6) is 0. The molecule has 0 rings (SSSR count). The van der Waals surface area contributed by atoms with E-state index in [0.717, 1.165) is 0 Å². The van der Waals surface area contributed by atoms with E-state index >= 15 is 0 Å². The van der Waals surface area contributed by atoms with E-state index in [1.807, 2.05) is 0 Å². The number of aliphatic hydroxyl groups excluding tert-OH is 2. The maximum absolute atomic E-state index is 7.75. The minimum absolute atomic E-state index is 0. The van der Waals surface area contributed by atoms with Crippen LogP contribution >= 0.6 is 0 Å². The van der Waals surface area contributed by atoms with Crippen LogP contribution in [0.5, 0.6) is 0 Å². The average Bonchev–Trinajstić information content (AvgIpc) is 1.88. The fraction of sp³-hybridized carbons (Fsp3) is 1.00. The molecule has 0 bridgehead atoms. The summed E-state index contributed by atoms with van der Waals surface area (Å²) < 4.78 is 0. The van der Waals surface area contributed by atoms with Crippen molar-refractivity contribution in [2.45, 2.75) is 0 Å². The van der Waals surface area contributed by atoms with Gasteiger partial charge in [-0.1, -0.05) is 0 Å². The Balaban J connectivity index is -0.0000000720. The molecule has 0 radical (unpaired) electrons. The number of nitrogens with two attached hydrogens (primary N) is 2. The SMILES string of the molecule is NCCO.NCCO.[Cu+]. The summed E-state index contributed by atoms with van der Waals surface area (Å²) in [5.41, 5.74) is 9.56. The van der Waals surface area contributed by atoms with Crippen LogP contribution in [0.4, 0.5) is 0 Å². The Bertz CT molecular complexity index is 24.5. The minimum atomic E-state index is 0. The first kappa shape index (κ1) is 16.2. The normalized spacial score (nSPS) is 6.67. The van der Waals surface area contributed by atoms with E-state index in [4.69, 9.17) is 21.7 Å². The molecule has 0 atom stereocenters. The van der Waals surface area contributed by atoms with E-state index in [0.29, 0.717) is 13.1 Å². The van der Waals surface area contributed by atoms with Gasteiger partial charge in [0.1, 0.15) is 0 Å². The molecule has 0 heterocycles. The van der Waals surface area contributed by atoms with Crippen molar-refractivity contribution >= 4 is 0 Å². The smallest absolute Gasteiger partial charge is 0.395 e. The van der Waals surface area contributed by atoms with E-state index < -0.39 is 0 Å². The van der Waals surface area contributed by atoms with Gasteiger partial charge in [-0.3, -0.25) is 0 Å². The van der Waals surface area contributed by atoms with Crippen molar-refractivity contribution in [3.8, 4) is 0 Å². The standard InChI is InChI=1S/2C2H7NO.Cu/c2*3-1-2-4;/h2*4H,1-3H2;/q;;+1. The second-order valence-electron chi connectivity index (χ2n) is 1.02. The van der Waals surface area contributed by atoms with Gasteiger partial charge in [0.2, 0.25) is 0 Å². The Morgan fingerprint density at radius 2 is 1.00 bits per heavy atom. The number of hydrogen-bond acceptors (Lipinski definition) is 4. The molecule has 0 saturated heterocycles. The first-order valence-electron chi connectivity index (χ1n) is 2.45. The molecule has 0 unspecified atom stereocenters. The molecule has 9 heavy (non-hydrogen) atoms. The molecule has 6 N–H and O–H groups in total. The summed E-state index contributed by atoms with van der Waals surface area (Å²) in [5, 5.41) is 15.5. The monoisotopic (exact) mass is 185 g/mol. The van der Waals surface area contributed by atoms with Crippen molar-refractivity contribution in [1.82, 2.24) is 0 Å². The molecule has 0 aromatic rings. The topological polar surface area (TPSA) is 92.5 Å². The minimum Gasteiger partial charge on any atom is -0.395 e. The molecule has 0 aromatic heterocycles. The van der Waals surface area contributed by atoms with Crippen molar-refractivity contribution in [3.63, 3.8) is 0 Å². The van der Waals surface area contributed by atoms with Gasteiger partial charge in [0.25, 0.3) is 0 Å². The molecule has 0 saturated carbocycles. The number of aliphatic hydroxyl groups is 2. The van der Waals surface area contributed by atoms with Crippen LogP contribution in [0.25, 0.3) is 0 Å². The quantitative estimate of drug-likeness (QED) is 0.370. The van der Waals surface area contributed by atoms with Crippen LogP contribution in [0.1, 0.15) is 0 Å². The molecule has 0 fully saturated rings. The van der Waals surface area contributed by atoms with E-state index in [-0.39, 0.29) is 30.3 Å². The van der Waals surface area contributed by atoms with Crippen molar-refractivity contribution in [3.05, 3.63) is 0 Å². The maximum Gasteiger partial charge on any atom is 1.00 e. The molecule has 0 aliphatic carbocycles. The Morgan fingerprint density at radius 1 is 0.889 bits per heavy atom. The van der Waals surface area contributed by atoms with E-state index in [1.165, 1.54) is 0 Å². The van der Waals surface area contributed by atoms with Gasteiger partial charge in [-0.15, -0.1) is 0 Å². The van der Waals surface area contributed by atoms with Gasteiger partial charge in [0.05, 0.1) is 13.2 Å². The maximum atomic E-state index is 7.75. The van der Waals surface area contributed by atoms with Gasteiger partial charge < -0.3 is 21.7 Å². The summed E-state index contributed by atoms with van der Waals surface area (Å²) in [6, 6.07) is 0. The zero-order valence-electron chi connectivity index (χ0n) is 5.18. The van der Waals surface area contributed by atoms with Gasteiger partial charge in [-0.2, -0.15) is 0 Å². The van der Waals surface area contributed by atoms with E-state index in [2.05, 4.69) is 0 Å². The summed E-state index contributed by atoms with van der Waals surface area (Å²) in [7, 11) is 0. The largest absolute Gasteiger partial charge is 1.00 e. The average molecular weight is 186 g/mol. The summed E-state index contributed by atoms with van der Waals surface area (Å²) in [6.07, 6.45) is 0. The predicted octanol–water partition coefficient (Wildman–Crippen LogP) is -2.13. The van der Waals surface area contributed by atoms with Gasteiger partial charge in [-0.05, 0) is 0 Å². The molecular formula is C4H14CuN2O2+. The van der Waals surface area contributed by atoms with Crippen LogP contribution in [0, 0.1) is 0 Å². The molecular weight excluding hydrogens is 172 g/mol. The van der Waals surface area contributed by atoms with E-state index in [1.54, 1.807) is 0 Å². The molecule has 5 heteroatoms. The molecule has 0 aliphatic rings. The Morgan fingerprint density at radius 3 is 1.00 bits per heavy atom. The Labute approximate surface area is 65.7 Å². The van der Waals surface area contributed by atoms with Crippen LogP contribution in [-0.4, -0.2) is 36.5 Å². The van der Waals surface area contributed by atoms with Crippen LogP contribution in [-0.2, 0) is 17.1 Å². The molecule has 0 aromatic carbocycles. The third-order valence-electron chi connectivity index (χ3n) is 0.258. The molecule has 0 aliphatic heterocycles. The predicted molar refractivity (Wildman–Crippen MR) is 32.3 cm³/mol. The second-order valence-corrected chi connectivity index (χ2v) is 1.02. The van der Waals surface area contributed by atoms with Crippen LogP contribution < -0.4 is 11.5 Å². The van der Waals surface area contributed by atoms with Crippen molar-refractivity contribution in [1.29, 1.82) is 0 Å². The van der Waals surface area contributed by atoms with Crippen molar-refractivity contribution in [2.24, 2.45) is 11.5 Å². The molecule has 62 valence electrons. The summed E-state index contributed by atoms with van der Waals surface area (Å²) in [4.78, 5) is 0. The van der Waals surface area contributed by atoms with E-state index in [9.17, 15) is 0 Å². The summed E-state index contributed by atoms with van der Waals surface area (Å²) >= 11 is 0. The number of rotatable bonds is 2. The summed E-state index contributed by atoms with van der Waals surface area (Å²) in [6.45, 7) is 0.944. The Kier molecular flexibility index (Phi) is 42.8. The molecule has 4 nitrogen and oxygen atoms in total. The van der Waals surface area contributed by atoms with Gasteiger partial charge >= 0.3 is 17.1 Å². The zero-order chi connectivity index (χ0) is 6.83. The van der Waals surface area contributed by atoms with Crippen LogP contribution in [0.2, 0.25) is 0 Å². The van der Waals surface area contributed by atoms with Crippen molar-refractivity contribution in [2.75, 3.05) is 26.3 Å². The molecule has 0 amide bonds. The van der Waals surface area contributed by atoms with Crippen molar-refractivity contribution < 1.29 is 27.3 Å². The number of hydrogen-bond donors (Lipinski definition) is 4. The first-order valence-corrected chi connectivity index (χ1v) is 2.45. The van der Waals surface area contributed by atoms with Gasteiger partial charge in [0, 0.05) is 13.1 Å². The third-order valence-corrected chi connectivity index (χ3v) is 0.258. The van der Waals surface area contributed by atoms with Gasteiger partial charge in [-0.25, -0.2) is 0 Å². The fourth-order valence-corrected chi connectivity index (χ4v) is 0. The third kappa shape index (κ3) is 60.7. The fourth-order valence-electron chi connectivity index (χ4n) is 0. The van der Waals surface area contributed by atoms with Crippen LogP contribution in [0.15, 0.2) is 0 Å². The molecule has 0 spiro atoms. The second kappa shape index (κ2) is 23.8. The first-order chi connectivity index (χ1) is 3.83. The van der Waals surface area contributed by atoms with Gasteiger partial charge in [0.15, 0.2) is 0 Å². The zero-order valence-corrected chi connectivity index (χ0v) is 6.12. The van der Waals surface area contributed by atoms with Crippen LogP contribution in [0.3, 0.4) is 0 Å². The Hall–Kier alpha value is 0.359.